The Bertz CT molecular complexity index is 253. The minimum Gasteiger partial charge on any atom is -0.354 e. The van der Waals surface area contributed by atoms with E-state index in [9.17, 15) is 4.39 Å². The lowest BCUT2D eigenvalue weighted by Gasteiger charge is -2.02. The van der Waals surface area contributed by atoms with Crippen LogP contribution >= 0.6 is 11.8 Å². The molecule has 1 heterocycles. The fourth-order valence-corrected chi connectivity index (χ4v) is 1.47. The van der Waals surface area contributed by atoms with Gasteiger partial charge in [-0.2, -0.15) is 11.8 Å². The van der Waals surface area contributed by atoms with Crippen LogP contribution in [0.3, 0.4) is 0 Å². The van der Waals surface area contributed by atoms with Gasteiger partial charge in [0.05, 0.1) is 12.4 Å². The van der Waals surface area contributed by atoms with E-state index in [0.29, 0.717) is 5.95 Å². The highest BCUT2D eigenvalue weighted by Crippen LogP contribution is 2.01. The maximum absolute atomic E-state index is 12.4. The summed E-state index contributed by atoms with van der Waals surface area (Å²) in [6.45, 7) is 0.839. The van der Waals surface area contributed by atoms with Gasteiger partial charge in [0.2, 0.25) is 5.95 Å². The third-order valence-corrected chi connectivity index (χ3v) is 2.38. The molecule has 0 aliphatic carbocycles. The summed E-state index contributed by atoms with van der Waals surface area (Å²) in [5, 5.41) is 3.03. The van der Waals surface area contributed by atoms with Gasteiger partial charge < -0.3 is 5.32 Å². The fraction of sp³-hybridized carbons (Fsp3) is 0.556. The van der Waals surface area contributed by atoms with Gasteiger partial charge in [-0.25, -0.2) is 14.4 Å². The summed E-state index contributed by atoms with van der Waals surface area (Å²) >= 11 is 1.84. The smallest absolute Gasteiger partial charge is 0.222 e. The van der Waals surface area contributed by atoms with Crippen molar-refractivity contribution in [3.05, 3.63) is 18.2 Å². The first kappa shape index (κ1) is 11.2. The summed E-state index contributed by atoms with van der Waals surface area (Å²) in [7, 11) is 0. The molecule has 5 heteroatoms. The summed E-state index contributed by atoms with van der Waals surface area (Å²) in [6.07, 6.45) is 6.68. The number of aromatic nitrogens is 2. The second-order valence-corrected chi connectivity index (χ2v) is 3.84. The van der Waals surface area contributed by atoms with Crippen molar-refractivity contribution in [2.75, 3.05) is 23.9 Å². The Morgan fingerprint density at radius 2 is 2.07 bits per heavy atom. The van der Waals surface area contributed by atoms with Crippen LogP contribution in [-0.4, -0.2) is 28.5 Å². The van der Waals surface area contributed by atoms with Crippen molar-refractivity contribution in [3.8, 4) is 0 Å². The Balaban J connectivity index is 2.15. The van der Waals surface area contributed by atoms with Crippen LogP contribution < -0.4 is 5.32 Å². The van der Waals surface area contributed by atoms with Gasteiger partial charge in [0, 0.05) is 6.54 Å². The van der Waals surface area contributed by atoms with Crippen LogP contribution in [0.2, 0.25) is 0 Å². The van der Waals surface area contributed by atoms with E-state index in [-0.39, 0.29) is 0 Å². The first-order valence-corrected chi connectivity index (χ1v) is 5.92. The maximum atomic E-state index is 12.4. The maximum Gasteiger partial charge on any atom is 0.222 e. The molecule has 0 bridgehead atoms. The lowest BCUT2D eigenvalue weighted by Crippen LogP contribution is -2.05. The summed E-state index contributed by atoms with van der Waals surface area (Å²) < 4.78 is 12.4. The minimum absolute atomic E-state index is 0.405. The molecule has 1 aromatic heterocycles. The van der Waals surface area contributed by atoms with E-state index in [0.717, 1.165) is 25.4 Å². The molecule has 0 radical (unpaired) electrons. The van der Waals surface area contributed by atoms with Crippen LogP contribution in [0.25, 0.3) is 0 Å². The average molecular weight is 215 g/mol. The van der Waals surface area contributed by atoms with Crippen LogP contribution in [0.15, 0.2) is 12.4 Å². The van der Waals surface area contributed by atoms with Gasteiger partial charge in [0.25, 0.3) is 0 Å². The Morgan fingerprint density at radius 3 is 2.71 bits per heavy atom. The van der Waals surface area contributed by atoms with E-state index < -0.39 is 5.82 Å². The molecular weight excluding hydrogens is 201 g/mol. The van der Waals surface area contributed by atoms with Gasteiger partial charge in [-0.3, -0.25) is 0 Å². The molecule has 0 unspecified atom stereocenters. The number of anilines is 1. The normalized spacial score (nSPS) is 10.1. The molecule has 1 N–H and O–H groups in total. The molecule has 0 aromatic carbocycles. The Labute approximate surface area is 87.5 Å². The molecule has 0 fully saturated rings. The number of rotatable bonds is 6. The lowest BCUT2D eigenvalue weighted by atomic mass is 10.3. The third kappa shape index (κ3) is 4.41. The van der Waals surface area contributed by atoms with E-state index >= 15 is 0 Å². The number of nitrogens with one attached hydrogen (secondary N) is 1. The number of thioether (sulfide) groups is 1. The zero-order valence-corrected chi connectivity index (χ0v) is 8.98. The Morgan fingerprint density at radius 1 is 1.36 bits per heavy atom. The van der Waals surface area contributed by atoms with Crippen molar-refractivity contribution in [1.82, 2.24) is 9.97 Å². The topological polar surface area (TPSA) is 37.8 Å². The number of halogens is 1. The zero-order chi connectivity index (χ0) is 10.2. The molecule has 0 saturated heterocycles. The molecule has 0 aliphatic rings. The fourth-order valence-electron chi connectivity index (χ4n) is 0.975. The molecule has 0 atom stereocenters. The molecule has 1 aromatic rings. The molecule has 0 aliphatic heterocycles. The largest absolute Gasteiger partial charge is 0.354 e. The first-order chi connectivity index (χ1) is 6.83. The first-order valence-electron chi connectivity index (χ1n) is 4.53. The second kappa shape index (κ2) is 6.59. The van der Waals surface area contributed by atoms with Gasteiger partial charge in [0.1, 0.15) is 0 Å². The van der Waals surface area contributed by atoms with Crippen LogP contribution in [0.5, 0.6) is 0 Å². The summed E-state index contributed by atoms with van der Waals surface area (Å²) in [6, 6.07) is 0. The summed E-state index contributed by atoms with van der Waals surface area (Å²) in [4.78, 5) is 7.59. The number of nitrogens with zero attached hydrogens (tertiary/aromatic N) is 2. The van der Waals surface area contributed by atoms with Crippen molar-refractivity contribution in [1.29, 1.82) is 0 Å². The van der Waals surface area contributed by atoms with Crippen molar-refractivity contribution < 1.29 is 4.39 Å². The number of hydrogen-bond donors (Lipinski definition) is 1. The van der Waals surface area contributed by atoms with E-state index in [1.807, 2.05) is 11.8 Å². The predicted molar refractivity (Wildman–Crippen MR) is 58.1 cm³/mol. The Hall–Kier alpha value is -0.840. The van der Waals surface area contributed by atoms with E-state index in [1.54, 1.807) is 0 Å². The minimum atomic E-state index is -0.405. The van der Waals surface area contributed by atoms with Crippen LogP contribution in [0.4, 0.5) is 10.3 Å². The predicted octanol–water partition coefficient (Wildman–Crippen LogP) is 2.17. The monoisotopic (exact) mass is 215 g/mol. The molecular formula is C9H14FN3S. The summed E-state index contributed by atoms with van der Waals surface area (Å²) in [5.74, 6) is 1.26. The second-order valence-electron chi connectivity index (χ2n) is 2.85. The molecule has 1 rings (SSSR count). The highest BCUT2D eigenvalue weighted by molar-refractivity contribution is 7.98. The molecule has 0 spiro atoms. The molecule has 0 amide bonds. The quantitative estimate of drug-likeness (QED) is 0.738. The third-order valence-electron chi connectivity index (χ3n) is 1.68. The standard InChI is InChI=1S/C9H14FN3S/c1-14-5-3-2-4-11-9-12-6-8(10)7-13-9/h6-7H,2-5H2,1H3,(H,11,12,13). The van der Waals surface area contributed by atoms with Gasteiger partial charge >= 0.3 is 0 Å². The van der Waals surface area contributed by atoms with E-state index in [2.05, 4.69) is 21.5 Å². The highest BCUT2D eigenvalue weighted by atomic mass is 32.2. The highest BCUT2D eigenvalue weighted by Gasteiger charge is 1.95. The molecule has 3 nitrogen and oxygen atoms in total. The van der Waals surface area contributed by atoms with Crippen molar-refractivity contribution in [2.24, 2.45) is 0 Å². The molecule has 0 saturated carbocycles. The number of unbranched alkanes of at least 4 members (excludes halogenated alkanes) is 1. The van der Waals surface area contributed by atoms with Crippen LogP contribution in [-0.2, 0) is 0 Å². The Kier molecular flexibility index (Phi) is 5.29. The van der Waals surface area contributed by atoms with Gasteiger partial charge in [0.15, 0.2) is 5.82 Å². The van der Waals surface area contributed by atoms with Crippen molar-refractivity contribution in [2.45, 2.75) is 12.8 Å². The van der Waals surface area contributed by atoms with Crippen LogP contribution in [0.1, 0.15) is 12.8 Å². The van der Waals surface area contributed by atoms with Crippen molar-refractivity contribution in [3.63, 3.8) is 0 Å². The lowest BCUT2D eigenvalue weighted by molar-refractivity contribution is 0.614. The van der Waals surface area contributed by atoms with Crippen molar-refractivity contribution >= 4 is 17.7 Å². The van der Waals surface area contributed by atoms with Gasteiger partial charge in [-0.1, -0.05) is 0 Å². The molecule has 14 heavy (non-hydrogen) atoms. The van der Waals surface area contributed by atoms with Gasteiger partial charge in [-0.15, -0.1) is 0 Å². The van der Waals surface area contributed by atoms with E-state index in [4.69, 9.17) is 0 Å². The van der Waals surface area contributed by atoms with Crippen LogP contribution in [0, 0.1) is 5.82 Å². The number of hydrogen-bond acceptors (Lipinski definition) is 4. The zero-order valence-electron chi connectivity index (χ0n) is 8.16. The SMILES string of the molecule is CSCCCCNc1ncc(F)cn1. The molecule has 78 valence electrons. The van der Waals surface area contributed by atoms with Gasteiger partial charge in [-0.05, 0) is 24.9 Å². The average Bonchev–Trinajstić information content (AvgIpc) is 2.21. The summed E-state index contributed by atoms with van der Waals surface area (Å²) in [5.41, 5.74) is 0. The van der Waals surface area contributed by atoms with E-state index in [1.165, 1.54) is 12.2 Å².